The summed E-state index contributed by atoms with van der Waals surface area (Å²) in [6.45, 7) is 18.3. The van der Waals surface area contributed by atoms with Gasteiger partial charge in [-0.15, -0.1) is 0 Å². The van der Waals surface area contributed by atoms with E-state index < -0.39 is 11.3 Å². The van der Waals surface area contributed by atoms with E-state index >= 15 is 0 Å². The molecule has 0 bridgehead atoms. The molecule has 31 heavy (non-hydrogen) atoms. The minimum atomic E-state index is -0.731. The monoisotopic (exact) mass is 440 g/mol. The molecule has 2 atom stereocenters. The number of hydrogen-bond acceptors (Lipinski definition) is 6. The summed E-state index contributed by atoms with van der Waals surface area (Å²) >= 11 is 0. The lowest BCUT2D eigenvalue weighted by atomic mass is 10.1. The molecule has 2 aliphatic rings. The van der Waals surface area contributed by atoms with Crippen molar-refractivity contribution in [3.63, 3.8) is 0 Å². The molecular weight excluding hydrogens is 396 g/mol. The number of carbonyl (C=O) groups excluding carboxylic acids is 1. The summed E-state index contributed by atoms with van der Waals surface area (Å²) in [6, 6.07) is -0.162. The van der Waals surface area contributed by atoms with E-state index in [1.807, 2.05) is 41.5 Å². The van der Waals surface area contributed by atoms with Gasteiger partial charge in [-0.25, -0.2) is 4.79 Å². The zero-order valence-electron chi connectivity index (χ0n) is 20.8. The number of amides is 1. The zero-order chi connectivity index (χ0) is 23.2. The molecule has 1 amide bonds. The minimum Gasteiger partial charge on any atom is -0.444 e. The molecular formula is C22H44N6O3. The van der Waals surface area contributed by atoms with E-state index in [-0.39, 0.29) is 18.2 Å². The fourth-order valence-electron chi connectivity index (χ4n) is 4.20. The Bertz CT molecular complexity index is 619. The molecule has 2 unspecified atom stereocenters. The molecule has 2 saturated heterocycles. The van der Waals surface area contributed by atoms with E-state index in [4.69, 9.17) is 9.47 Å². The Morgan fingerprint density at radius 2 is 1.90 bits per heavy atom. The standard InChI is InChI=1S/C22H44N6O3/c1-17-18(28(22(5,6)30-17)20(29)31-21(2,3)4)16-25-19(23-7)24-10-13-27-12-9-11-26(8)14-15-27/h17-18H,9-16H2,1-8H3,(H2,23,24,25). The number of aliphatic imine (C=N–C) groups is 1. The van der Waals surface area contributed by atoms with Gasteiger partial charge in [0.15, 0.2) is 5.96 Å². The highest BCUT2D eigenvalue weighted by Crippen LogP contribution is 2.33. The highest BCUT2D eigenvalue weighted by molar-refractivity contribution is 5.79. The van der Waals surface area contributed by atoms with Crippen molar-refractivity contribution in [2.75, 3.05) is 59.9 Å². The van der Waals surface area contributed by atoms with Crippen molar-refractivity contribution in [1.82, 2.24) is 25.3 Å². The second-order valence-electron chi connectivity index (χ2n) is 10.1. The molecule has 0 spiro atoms. The van der Waals surface area contributed by atoms with Crippen molar-refractivity contribution in [2.45, 2.75) is 71.4 Å². The van der Waals surface area contributed by atoms with Gasteiger partial charge in [0.1, 0.15) is 11.3 Å². The van der Waals surface area contributed by atoms with Crippen molar-refractivity contribution in [2.24, 2.45) is 4.99 Å². The Hall–Kier alpha value is -1.58. The lowest BCUT2D eigenvalue weighted by molar-refractivity contribution is -0.0755. The van der Waals surface area contributed by atoms with Crippen LogP contribution in [0.15, 0.2) is 4.99 Å². The van der Waals surface area contributed by atoms with E-state index in [1.54, 1.807) is 11.9 Å². The topological polar surface area (TPSA) is 81.7 Å². The van der Waals surface area contributed by atoms with Crippen LogP contribution in [0.1, 0.15) is 48.0 Å². The van der Waals surface area contributed by atoms with Crippen LogP contribution in [0.2, 0.25) is 0 Å². The summed E-state index contributed by atoms with van der Waals surface area (Å²) in [6.07, 6.45) is 0.726. The number of nitrogens with zero attached hydrogens (tertiary/aromatic N) is 4. The molecule has 2 heterocycles. The largest absolute Gasteiger partial charge is 0.444 e. The number of likely N-dealkylation sites (N-methyl/N-ethyl adjacent to an activating group) is 1. The number of carbonyl (C=O) groups is 1. The van der Waals surface area contributed by atoms with Crippen LogP contribution in [-0.4, -0.2) is 110 Å². The smallest absolute Gasteiger partial charge is 0.412 e. The lowest BCUT2D eigenvalue weighted by Gasteiger charge is -2.35. The molecule has 0 aromatic heterocycles. The van der Waals surface area contributed by atoms with Crippen molar-refractivity contribution in [3.8, 4) is 0 Å². The SMILES string of the molecule is CN=C(NCCN1CCCN(C)CC1)NCC1C(C)OC(C)(C)N1C(=O)OC(C)(C)C. The Kier molecular flexibility index (Phi) is 8.97. The Balaban J connectivity index is 1.88. The van der Waals surface area contributed by atoms with Gasteiger partial charge in [-0.3, -0.25) is 9.89 Å². The third-order valence-corrected chi connectivity index (χ3v) is 5.75. The van der Waals surface area contributed by atoms with Gasteiger partial charge >= 0.3 is 6.09 Å². The predicted molar refractivity (Wildman–Crippen MR) is 124 cm³/mol. The van der Waals surface area contributed by atoms with Crippen molar-refractivity contribution in [3.05, 3.63) is 0 Å². The first kappa shape index (κ1) is 25.7. The second-order valence-corrected chi connectivity index (χ2v) is 10.1. The van der Waals surface area contributed by atoms with Gasteiger partial charge < -0.3 is 29.9 Å². The van der Waals surface area contributed by atoms with Crippen LogP contribution in [-0.2, 0) is 9.47 Å². The number of hydrogen-bond donors (Lipinski definition) is 2. The number of ether oxygens (including phenoxy) is 2. The maximum atomic E-state index is 12.9. The molecule has 0 aromatic rings. The van der Waals surface area contributed by atoms with Crippen LogP contribution < -0.4 is 10.6 Å². The quantitative estimate of drug-likeness (QED) is 0.496. The Morgan fingerprint density at radius 3 is 2.55 bits per heavy atom. The van der Waals surface area contributed by atoms with Crippen molar-refractivity contribution < 1.29 is 14.3 Å². The normalized spacial score (nSPS) is 25.9. The van der Waals surface area contributed by atoms with E-state index in [0.29, 0.717) is 6.54 Å². The molecule has 2 N–H and O–H groups in total. The maximum absolute atomic E-state index is 12.9. The second kappa shape index (κ2) is 10.8. The minimum absolute atomic E-state index is 0.123. The van der Waals surface area contributed by atoms with Crippen molar-refractivity contribution >= 4 is 12.1 Å². The highest BCUT2D eigenvalue weighted by Gasteiger charge is 2.49. The number of rotatable bonds is 5. The van der Waals surface area contributed by atoms with Crippen LogP contribution >= 0.6 is 0 Å². The van der Waals surface area contributed by atoms with Gasteiger partial charge in [-0.05, 0) is 68.1 Å². The van der Waals surface area contributed by atoms with E-state index in [1.165, 1.54) is 13.0 Å². The third kappa shape index (κ3) is 7.80. The fraction of sp³-hybridized carbons (Fsp3) is 0.909. The van der Waals surface area contributed by atoms with Gasteiger partial charge in [0.25, 0.3) is 0 Å². The molecule has 0 saturated carbocycles. The first-order valence-electron chi connectivity index (χ1n) is 11.5. The Labute approximate surface area is 188 Å². The molecule has 2 aliphatic heterocycles. The highest BCUT2D eigenvalue weighted by atomic mass is 16.6. The summed E-state index contributed by atoms with van der Waals surface area (Å²) in [5.41, 5.74) is -1.29. The van der Waals surface area contributed by atoms with Gasteiger partial charge in [-0.1, -0.05) is 0 Å². The average Bonchev–Trinajstić information content (AvgIpc) is 2.76. The summed E-state index contributed by atoms with van der Waals surface area (Å²) in [7, 11) is 3.95. The molecule has 0 aromatic carbocycles. The summed E-state index contributed by atoms with van der Waals surface area (Å²) in [4.78, 5) is 23.8. The number of guanidine groups is 1. The molecule has 9 nitrogen and oxygen atoms in total. The Morgan fingerprint density at radius 1 is 1.19 bits per heavy atom. The molecule has 180 valence electrons. The fourth-order valence-corrected chi connectivity index (χ4v) is 4.20. The first-order valence-corrected chi connectivity index (χ1v) is 11.5. The van der Waals surface area contributed by atoms with Gasteiger partial charge in [0.05, 0.1) is 12.1 Å². The van der Waals surface area contributed by atoms with Crippen molar-refractivity contribution in [1.29, 1.82) is 0 Å². The van der Waals surface area contributed by atoms with Crippen LogP contribution in [0.3, 0.4) is 0 Å². The molecule has 9 heteroatoms. The number of nitrogens with one attached hydrogen (secondary N) is 2. The predicted octanol–water partition coefficient (Wildman–Crippen LogP) is 1.55. The van der Waals surface area contributed by atoms with Gasteiger partial charge in [-0.2, -0.15) is 0 Å². The van der Waals surface area contributed by atoms with Crippen LogP contribution in [0.4, 0.5) is 4.79 Å². The van der Waals surface area contributed by atoms with Gasteiger partial charge in [0, 0.05) is 39.8 Å². The molecule has 0 aliphatic carbocycles. The third-order valence-electron chi connectivity index (χ3n) is 5.75. The average molecular weight is 441 g/mol. The van der Waals surface area contributed by atoms with E-state index in [2.05, 4.69) is 32.5 Å². The molecule has 2 rings (SSSR count). The first-order chi connectivity index (χ1) is 14.4. The van der Waals surface area contributed by atoms with Gasteiger partial charge in [0.2, 0.25) is 0 Å². The zero-order valence-corrected chi connectivity index (χ0v) is 20.8. The summed E-state index contributed by atoms with van der Waals surface area (Å²) < 4.78 is 11.7. The maximum Gasteiger partial charge on any atom is 0.412 e. The van der Waals surface area contributed by atoms with Crippen LogP contribution in [0, 0.1) is 0 Å². The van der Waals surface area contributed by atoms with Crippen LogP contribution in [0.5, 0.6) is 0 Å². The van der Waals surface area contributed by atoms with Crippen LogP contribution in [0.25, 0.3) is 0 Å². The summed E-state index contributed by atoms with van der Waals surface area (Å²) in [5.74, 6) is 0.730. The summed E-state index contributed by atoms with van der Waals surface area (Å²) in [5, 5.41) is 6.77. The molecule has 2 fully saturated rings. The van der Waals surface area contributed by atoms with E-state index in [9.17, 15) is 4.79 Å². The molecule has 0 radical (unpaired) electrons. The van der Waals surface area contributed by atoms with E-state index in [0.717, 1.165) is 38.7 Å². The lowest BCUT2D eigenvalue weighted by Crippen LogP contribution is -2.54.